The van der Waals surface area contributed by atoms with Gasteiger partial charge in [0.2, 0.25) is 0 Å². The zero-order chi connectivity index (χ0) is 13.0. The second kappa shape index (κ2) is 6.29. The van der Waals surface area contributed by atoms with Gasteiger partial charge in [0.25, 0.3) is 0 Å². The molecule has 0 amide bonds. The molecule has 98 valence electrons. The summed E-state index contributed by atoms with van der Waals surface area (Å²) in [6.45, 7) is 5.02. The Morgan fingerprint density at radius 2 is 2.11 bits per heavy atom. The van der Waals surface area contributed by atoms with Gasteiger partial charge in [-0.25, -0.2) is 14.6 Å². The number of thiazole rings is 1. The molecule has 2 rings (SSSR count). The minimum Gasteiger partial charge on any atom is -0.249 e. The molecule has 0 aromatic carbocycles. The van der Waals surface area contributed by atoms with E-state index in [1.807, 2.05) is 10.1 Å². The number of aromatic nitrogens is 4. The van der Waals surface area contributed by atoms with Crippen molar-refractivity contribution in [2.24, 2.45) is 0 Å². The van der Waals surface area contributed by atoms with E-state index in [9.17, 15) is 0 Å². The lowest BCUT2D eigenvalue weighted by atomic mass is 10.4. The van der Waals surface area contributed by atoms with E-state index in [-0.39, 0.29) is 0 Å². The Hall–Kier alpha value is -0.940. The molecule has 0 fully saturated rings. The van der Waals surface area contributed by atoms with Crippen molar-refractivity contribution < 1.29 is 0 Å². The fraction of sp³-hybridized carbons (Fsp3) is 0.583. The third kappa shape index (κ3) is 3.09. The zero-order valence-electron chi connectivity index (χ0n) is 10.7. The van der Waals surface area contributed by atoms with Crippen molar-refractivity contribution in [1.82, 2.24) is 19.7 Å². The van der Waals surface area contributed by atoms with Crippen LogP contribution < -0.4 is 0 Å². The third-order valence-corrected chi connectivity index (χ3v) is 3.93. The Morgan fingerprint density at radius 3 is 2.72 bits per heavy atom. The first kappa shape index (κ1) is 13.5. The van der Waals surface area contributed by atoms with E-state index in [1.165, 1.54) is 0 Å². The summed E-state index contributed by atoms with van der Waals surface area (Å²) < 4.78 is 2.00. The average Bonchev–Trinajstić information content (AvgIpc) is 3.02. The maximum Gasteiger partial charge on any atom is 0.150 e. The van der Waals surface area contributed by atoms with E-state index in [1.54, 1.807) is 11.3 Å². The minimum absolute atomic E-state index is 0.486. The molecule has 0 atom stereocenters. The average molecular weight is 285 g/mol. The highest BCUT2D eigenvalue weighted by atomic mass is 35.5. The van der Waals surface area contributed by atoms with Crippen molar-refractivity contribution in [1.29, 1.82) is 0 Å². The molecule has 0 N–H and O–H groups in total. The van der Waals surface area contributed by atoms with Gasteiger partial charge in [-0.15, -0.1) is 22.9 Å². The van der Waals surface area contributed by atoms with Crippen LogP contribution in [-0.4, -0.2) is 19.7 Å². The Kier molecular flexibility index (Phi) is 4.72. The smallest absolute Gasteiger partial charge is 0.150 e. The Balaban J connectivity index is 2.02. The van der Waals surface area contributed by atoms with Gasteiger partial charge >= 0.3 is 0 Å². The highest BCUT2D eigenvalue weighted by Crippen LogP contribution is 2.13. The second-order valence-corrected chi connectivity index (χ2v) is 5.20. The van der Waals surface area contributed by atoms with Crippen LogP contribution in [0.3, 0.4) is 0 Å². The highest BCUT2D eigenvalue weighted by molar-refractivity contribution is 7.09. The van der Waals surface area contributed by atoms with Gasteiger partial charge in [0.05, 0.1) is 16.6 Å². The number of nitrogens with zero attached hydrogens (tertiary/aromatic N) is 4. The molecule has 0 aliphatic rings. The topological polar surface area (TPSA) is 43.6 Å². The standard InChI is InChI=1S/C12H17ClN4S/c1-3-10-15-11(4-2)17(16-10)6-5-12-14-9(7-13)8-18-12/h8H,3-7H2,1-2H3. The van der Waals surface area contributed by atoms with Gasteiger partial charge in [0.1, 0.15) is 5.82 Å². The summed E-state index contributed by atoms with van der Waals surface area (Å²) in [5.41, 5.74) is 0.959. The van der Waals surface area contributed by atoms with E-state index < -0.39 is 0 Å². The first-order valence-electron chi connectivity index (χ1n) is 6.18. The van der Waals surface area contributed by atoms with Crippen molar-refractivity contribution in [3.63, 3.8) is 0 Å². The molecule has 0 bridgehead atoms. The first-order valence-corrected chi connectivity index (χ1v) is 7.60. The van der Waals surface area contributed by atoms with Crippen molar-refractivity contribution in [3.05, 3.63) is 27.7 Å². The molecule has 6 heteroatoms. The van der Waals surface area contributed by atoms with Gasteiger partial charge in [-0.05, 0) is 0 Å². The predicted molar refractivity (Wildman–Crippen MR) is 74.2 cm³/mol. The maximum absolute atomic E-state index is 5.74. The van der Waals surface area contributed by atoms with Crippen LogP contribution in [0, 0.1) is 0 Å². The molecule has 2 aromatic heterocycles. The number of hydrogen-bond acceptors (Lipinski definition) is 4. The van der Waals surface area contributed by atoms with E-state index >= 15 is 0 Å². The summed E-state index contributed by atoms with van der Waals surface area (Å²) in [4.78, 5) is 8.95. The van der Waals surface area contributed by atoms with E-state index in [0.717, 1.165) is 48.2 Å². The summed E-state index contributed by atoms with van der Waals surface area (Å²) in [7, 11) is 0. The minimum atomic E-state index is 0.486. The van der Waals surface area contributed by atoms with Crippen LogP contribution in [0.15, 0.2) is 5.38 Å². The zero-order valence-corrected chi connectivity index (χ0v) is 12.3. The van der Waals surface area contributed by atoms with E-state index in [2.05, 4.69) is 28.9 Å². The Bertz CT molecular complexity index is 506. The molecule has 4 nitrogen and oxygen atoms in total. The van der Waals surface area contributed by atoms with Crippen molar-refractivity contribution in [3.8, 4) is 0 Å². The monoisotopic (exact) mass is 284 g/mol. The Labute approximate surface area is 116 Å². The van der Waals surface area contributed by atoms with Crippen molar-refractivity contribution in [2.75, 3.05) is 0 Å². The van der Waals surface area contributed by atoms with Crippen LogP contribution in [0.5, 0.6) is 0 Å². The molecule has 2 aromatic rings. The summed E-state index contributed by atoms with van der Waals surface area (Å²) in [6.07, 6.45) is 2.69. The molecule has 0 aliphatic heterocycles. The summed E-state index contributed by atoms with van der Waals surface area (Å²) in [6, 6.07) is 0. The number of rotatable bonds is 6. The summed E-state index contributed by atoms with van der Waals surface area (Å²) >= 11 is 7.41. The van der Waals surface area contributed by atoms with Crippen LogP contribution >= 0.6 is 22.9 Å². The van der Waals surface area contributed by atoms with Crippen molar-refractivity contribution >= 4 is 22.9 Å². The normalized spacial score (nSPS) is 11.1. The molecule has 18 heavy (non-hydrogen) atoms. The van der Waals surface area contributed by atoms with E-state index in [0.29, 0.717) is 5.88 Å². The number of halogens is 1. The predicted octanol–water partition coefficient (Wildman–Crippen LogP) is 2.84. The van der Waals surface area contributed by atoms with Crippen molar-refractivity contribution in [2.45, 2.75) is 45.5 Å². The van der Waals surface area contributed by atoms with Gasteiger partial charge in [-0.1, -0.05) is 13.8 Å². The molecular formula is C12H17ClN4S. The SMILES string of the molecule is CCc1nc(CC)n(CCc2nc(CCl)cs2)n1. The first-order chi connectivity index (χ1) is 8.76. The quantitative estimate of drug-likeness (QED) is 0.766. The van der Waals surface area contributed by atoms with Gasteiger partial charge in [0.15, 0.2) is 5.82 Å². The molecule has 2 heterocycles. The molecular weight excluding hydrogens is 268 g/mol. The molecule has 0 saturated carbocycles. The van der Waals surface area contributed by atoms with Crippen LogP contribution in [-0.2, 0) is 31.7 Å². The summed E-state index contributed by atoms with van der Waals surface area (Å²) in [5.74, 6) is 2.47. The lowest BCUT2D eigenvalue weighted by molar-refractivity contribution is 0.577. The molecule has 0 aliphatic carbocycles. The molecule has 0 unspecified atom stereocenters. The van der Waals surface area contributed by atoms with Gasteiger partial charge in [0, 0.05) is 31.2 Å². The fourth-order valence-corrected chi connectivity index (χ4v) is 2.76. The lowest BCUT2D eigenvalue weighted by Crippen LogP contribution is -2.07. The Morgan fingerprint density at radius 1 is 1.28 bits per heavy atom. The van der Waals surface area contributed by atoms with Gasteiger partial charge < -0.3 is 0 Å². The third-order valence-electron chi connectivity index (χ3n) is 2.70. The molecule has 0 saturated heterocycles. The summed E-state index contributed by atoms with van der Waals surface area (Å²) in [5, 5.41) is 7.63. The van der Waals surface area contributed by atoms with Crippen LogP contribution in [0.2, 0.25) is 0 Å². The van der Waals surface area contributed by atoms with Crippen LogP contribution in [0.1, 0.15) is 36.2 Å². The number of alkyl halides is 1. The number of hydrogen-bond donors (Lipinski definition) is 0. The fourth-order valence-electron chi connectivity index (χ4n) is 1.74. The number of aryl methyl sites for hydroxylation is 4. The largest absolute Gasteiger partial charge is 0.249 e. The molecule has 0 spiro atoms. The second-order valence-electron chi connectivity index (χ2n) is 3.99. The van der Waals surface area contributed by atoms with Crippen LogP contribution in [0.25, 0.3) is 0 Å². The maximum atomic E-state index is 5.74. The van der Waals surface area contributed by atoms with Gasteiger partial charge in [-0.3, -0.25) is 0 Å². The van der Waals surface area contributed by atoms with Crippen LogP contribution in [0.4, 0.5) is 0 Å². The van der Waals surface area contributed by atoms with E-state index in [4.69, 9.17) is 11.6 Å². The van der Waals surface area contributed by atoms with Gasteiger partial charge in [-0.2, -0.15) is 5.10 Å². The molecule has 0 radical (unpaired) electrons. The lowest BCUT2D eigenvalue weighted by Gasteiger charge is -2.02. The highest BCUT2D eigenvalue weighted by Gasteiger charge is 2.08.